The first-order valence-electron chi connectivity index (χ1n) is 9.48. The maximum absolute atomic E-state index is 5.41. The molecule has 2 N–H and O–H groups in total. The number of benzene rings is 1. The second-order valence-corrected chi connectivity index (χ2v) is 6.93. The van der Waals surface area contributed by atoms with Crippen LogP contribution in [-0.2, 0) is 11.2 Å². The maximum atomic E-state index is 5.41. The van der Waals surface area contributed by atoms with Gasteiger partial charge in [-0.2, -0.15) is 0 Å². The first-order chi connectivity index (χ1) is 12.1. The van der Waals surface area contributed by atoms with Gasteiger partial charge in [-0.1, -0.05) is 38.1 Å². The molecule has 1 heterocycles. The molecule has 0 saturated carbocycles. The van der Waals surface area contributed by atoms with Crippen LogP contribution < -0.4 is 10.6 Å². The highest BCUT2D eigenvalue weighted by Gasteiger charge is 2.14. The molecule has 148 valence electrons. The number of morpholine rings is 1. The molecule has 26 heavy (non-hydrogen) atoms. The summed E-state index contributed by atoms with van der Waals surface area (Å²) in [4.78, 5) is 6.84. The largest absolute Gasteiger partial charge is 0.379 e. The normalized spacial score (nSPS) is 17.9. The van der Waals surface area contributed by atoms with E-state index in [-0.39, 0.29) is 30.0 Å². The number of hydrogen-bond donors (Lipinski definition) is 2. The SMILES string of the molecule is CCc1ccc(C(C)NC(=NC)NCC(C)CN2CCOCC2)cc1.I. The van der Waals surface area contributed by atoms with Gasteiger partial charge in [0, 0.05) is 33.2 Å². The van der Waals surface area contributed by atoms with Crippen molar-refractivity contribution in [1.82, 2.24) is 15.5 Å². The van der Waals surface area contributed by atoms with E-state index in [2.05, 4.69) is 65.6 Å². The molecule has 1 fully saturated rings. The number of aliphatic imine (C=N–C) groups is 1. The summed E-state index contributed by atoms with van der Waals surface area (Å²) in [6.07, 6.45) is 1.08. The molecule has 2 atom stereocenters. The second-order valence-electron chi connectivity index (χ2n) is 6.93. The van der Waals surface area contributed by atoms with E-state index < -0.39 is 0 Å². The molecule has 1 aromatic rings. The van der Waals surface area contributed by atoms with Gasteiger partial charge in [0.2, 0.25) is 0 Å². The fourth-order valence-electron chi connectivity index (χ4n) is 3.09. The number of guanidine groups is 1. The van der Waals surface area contributed by atoms with E-state index in [1.165, 1.54) is 11.1 Å². The van der Waals surface area contributed by atoms with Gasteiger partial charge < -0.3 is 15.4 Å². The number of rotatable bonds is 7. The molecular formula is C20H35IN4O. The van der Waals surface area contributed by atoms with Crippen molar-refractivity contribution in [2.24, 2.45) is 10.9 Å². The van der Waals surface area contributed by atoms with Gasteiger partial charge in [-0.15, -0.1) is 24.0 Å². The maximum Gasteiger partial charge on any atom is 0.191 e. The minimum absolute atomic E-state index is 0. The summed E-state index contributed by atoms with van der Waals surface area (Å²) in [6, 6.07) is 9.03. The van der Waals surface area contributed by atoms with Gasteiger partial charge in [-0.3, -0.25) is 9.89 Å². The topological polar surface area (TPSA) is 48.9 Å². The summed E-state index contributed by atoms with van der Waals surface area (Å²) in [7, 11) is 1.83. The summed E-state index contributed by atoms with van der Waals surface area (Å²) in [5.74, 6) is 1.43. The summed E-state index contributed by atoms with van der Waals surface area (Å²) >= 11 is 0. The van der Waals surface area contributed by atoms with Crippen LogP contribution >= 0.6 is 24.0 Å². The predicted octanol–water partition coefficient (Wildman–Crippen LogP) is 3.06. The van der Waals surface area contributed by atoms with Gasteiger partial charge in [0.25, 0.3) is 0 Å². The van der Waals surface area contributed by atoms with Crippen LogP contribution in [0.2, 0.25) is 0 Å². The first kappa shape index (κ1) is 23.2. The zero-order chi connectivity index (χ0) is 18.1. The lowest BCUT2D eigenvalue weighted by Gasteiger charge is -2.29. The molecule has 0 aromatic heterocycles. The van der Waals surface area contributed by atoms with Crippen LogP contribution in [-0.4, -0.2) is 57.3 Å². The van der Waals surface area contributed by atoms with Crippen LogP contribution in [0.3, 0.4) is 0 Å². The average Bonchev–Trinajstić information content (AvgIpc) is 2.65. The van der Waals surface area contributed by atoms with Crippen molar-refractivity contribution >= 4 is 29.9 Å². The lowest BCUT2D eigenvalue weighted by Crippen LogP contribution is -2.44. The van der Waals surface area contributed by atoms with E-state index in [9.17, 15) is 0 Å². The van der Waals surface area contributed by atoms with Crippen LogP contribution in [0.15, 0.2) is 29.3 Å². The van der Waals surface area contributed by atoms with Gasteiger partial charge in [0.15, 0.2) is 5.96 Å². The average molecular weight is 474 g/mol. The smallest absolute Gasteiger partial charge is 0.191 e. The highest BCUT2D eigenvalue weighted by molar-refractivity contribution is 14.0. The van der Waals surface area contributed by atoms with E-state index in [1.54, 1.807) is 0 Å². The highest BCUT2D eigenvalue weighted by atomic mass is 127. The molecule has 1 aliphatic heterocycles. The lowest BCUT2D eigenvalue weighted by molar-refractivity contribution is 0.0320. The number of aryl methyl sites for hydroxylation is 1. The zero-order valence-corrected chi connectivity index (χ0v) is 19.0. The van der Waals surface area contributed by atoms with Crippen molar-refractivity contribution in [2.75, 3.05) is 46.4 Å². The Labute approximate surface area is 176 Å². The molecular weight excluding hydrogens is 439 g/mol. The van der Waals surface area contributed by atoms with Crippen molar-refractivity contribution < 1.29 is 4.74 Å². The van der Waals surface area contributed by atoms with Crippen molar-refractivity contribution in [1.29, 1.82) is 0 Å². The molecule has 0 radical (unpaired) electrons. The minimum atomic E-state index is 0. The number of halogens is 1. The first-order valence-corrected chi connectivity index (χ1v) is 9.48. The summed E-state index contributed by atoms with van der Waals surface area (Å²) in [5.41, 5.74) is 2.65. The van der Waals surface area contributed by atoms with Gasteiger partial charge in [0.1, 0.15) is 0 Å². The summed E-state index contributed by atoms with van der Waals surface area (Å²) < 4.78 is 5.41. The Morgan fingerprint density at radius 3 is 2.42 bits per heavy atom. The number of nitrogens with one attached hydrogen (secondary N) is 2. The Kier molecular flexibility index (Phi) is 11.2. The fraction of sp³-hybridized carbons (Fsp3) is 0.650. The molecule has 1 aromatic carbocycles. The van der Waals surface area contributed by atoms with Crippen molar-refractivity contribution in [2.45, 2.75) is 33.2 Å². The van der Waals surface area contributed by atoms with Crippen molar-refractivity contribution in [3.05, 3.63) is 35.4 Å². The van der Waals surface area contributed by atoms with Crippen LogP contribution in [0.25, 0.3) is 0 Å². The number of ether oxygens (including phenoxy) is 1. The lowest BCUT2D eigenvalue weighted by atomic mass is 10.1. The predicted molar refractivity (Wildman–Crippen MR) is 121 cm³/mol. The standard InChI is InChI=1S/C20H34N4O.HI/c1-5-18-6-8-19(9-7-18)17(3)23-20(21-4)22-14-16(2)15-24-10-12-25-13-11-24;/h6-9,16-17H,5,10-15H2,1-4H3,(H2,21,22,23);1H. The Morgan fingerprint density at radius 2 is 1.85 bits per heavy atom. The van der Waals surface area contributed by atoms with Crippen LogP contribution in [0, 0.1) is 5.92 Å². The molecule has 0 aliphatic carbocycles. The molecule has 2 rings (SSSR count). The Morgan fingerprint density at radius 1 is 1.19 bits per heavy atom. The van der Waals surface area contributed by atoms with E-state index in [0.717, 1.165) is 51.8 Å². The molecule has 1 aliphatic rings. The molecule has 0 spiro atoms. The van der Waals surface area contributed by atoms with Crippen LogP contribution in [0.1, 0.15) is 37.9 Å². The quantitative estimate of drug-likeness (QED) is 0.363. The summed E-state index contributed by atoms with van der Waals surface area (Å²) in [6.45, 7) is 12.5. The monoisotopic (exact) mass is 474 g/mol. The molecule has 2 unspecified atom stereocenters. The molecule has 5 nitrogen and oxygen atoms in total. The number of nitrogens with zero attached hydrogens (tertiary/aromatic N) is 2. The Balaban J connectivity index is 0.00000338. The van der Waals surface area contributed by atoms with Crippen LogP contribution in [0.4, 0.5) is 0 Å². The van der Waals surface area contributed by atoms with E-state index >= 15 is 0 Å². The Hall–Kier alpha value is -0.860. The highest BCUT2D eigenvalue weighted by Crippen LogP contribution is 2.13. The fourth-order valence-corrected chi connectivity index (χ4v) is 3.09. The summed E-state index contributed by atoms with van der Waals surface area (Å²) in [5, 5.41) is 6.95. The van der Waals surface area contributed by atoms with Crippen LogP contribution in [0.5, 0.6) is 0 Å². The second kappa shape index (κ2) is 12.5. The third-order valence-electron chi connectivity index (χ3n) is 4.76. The zero-order valence-electron chi connectivity index (χ0n) is 16.6. The Bertz CT molecular complexity index is 529. The van der Waals surface area contributed by atoms with E-state index in [4.69, 9.17) is 4.74 Å². The van der Waals surface area contributed by atoms with Crippen molar-refractivity contribution in [3.8, 4) is 0 Å². The third-order valence-corrected chi connectivity index (χ3v) is 4.76. The van der Waals surface area contributed by atoms with E-state index in [1.807, 2.05) is 7.05 Å². The molecule has 0 amide bonds. The van der Waals surface area contributed by atoms with Gasteiger partial charge in [0.05, 0.1) is 19.3 Å². The third kappa shape index (κ3) is 7.80. The van der Waals surface area contributed by atoms with Crippen molar-refractivity contribution in [3.63, 3.8) is 0 Å². The van der Waals surface area contributed by atoms with Gasteiger partial charge in [-0.25, -0.2) is 0 Å². The minimum Gasteiger partial charge on any atom is -0.379 e. The number of hydrogen-bond acceptors (Lipinski definition) is 3. The molecule has 6 heteroatoms. The van der Waals surface area contributed by atoms with Gasteiger partial charge >= 0.3 is 0 Å². The van der Waals surface area contributed by atoms with Gasteiger partial charge in [-0.05, 0) is 30.4 Å². The molecule has 0 bridgehead atoms. The molecule has 1 saturated heterocycles. The van der Waals surface area contributed by atoms with E-state index in [0.29, 0.717) is 5.92 Å².